The fourth-order valence-electron chi connectivity index (χ4n) is 2.15. The number of azo groups is 1. The second kappa shape index (κ2) is 5.45. The predicted octanol–water partition coefficient (Wildman–Crippen LogP) is 3.94. The first-order valence-corrected chi connectivity index (χ1v) is 6.42. The van der Waals surface area contributed by atoms with Gasteiger partial charge in [-0.1, -0.05) is 13.8 Å². The molecule has 2 rings (SSSR count). The van der Waals surface area contributed by atoms with Crippen LogP contribution in [0.4, 0.5) is 5.69 Å². The molecule has 0 heterocycles. The standard InChI is InChI=1S/C15H18N2O3/c1-15(2)8-12(18)14(13(19)9-15)17-16-10-4-6-11(20-3)7-5-10/h4-7,18H,8-9H2,1-3H3. The highest BCUT2D eigenvalue weighted by molar-refractivity contribution is 5.96. The topological polar surface area (TPSA) is 71.2 Å². The summed E-state index contributed by atoms with van der Waals surface area (Å²) in [5.41, 5.74) is 0.448. The number of ether oxygens (including phenoxy) is 1. The van der Waals surface area contributed by atoms with Crippen LogP contribution in [0.1, 0.15) is 26.7 Å². The zero-order chi connectivity index (χ0) is 14.8. The number of methoxy groups -OCH3 is 1. The van der Waals surface area contributed by atoms with Crippen LogP contribution in [0.2, 0.25) is 0 Å². The van der Waals surface area contributed by atoms with Crippen LogP contribution in [0, 0.1) is 5.41 Å². The van der Waals surface area contributed by atoms with E-state index in [2.05, 4.69) is 10.2 Å². The molecule has 1 aliphatic rings. The number of aliphatic hydroxyl groups is 1. The van der Waals surface area contributed by atoms with E-state index in [1.54, 1.807) is 31.4 Å². The van der Waals surface area contributed by atoms with Gasteiger partial charge in [-0.25, -0.2) is 0 Å². The zero-order valence-corrected chi connectivity index (χ0v) is 11.9. The lowest BCUT2D eigenvalue weighted by atomic mass is 9.78. The Labute approximate surface area is 118 Å². The van der Waals surface area contributed by atoms with Crippen molar-refractivity contribution in [1.82, 2.24) is 0 Å². The minimum atomic E-state index is -0.222. The zero-order valence-electron chi connectivity index (χ0n) is 11.9. The third-order valence-electron chi connectivity index (χ3n) is 3.16. The van der Waals surface area contributed by atoms with E-state index in [0.717, 1.165) is 5.75 Å². The van der Waals surface area contributed by atoms with E-state index < -0.39 is 0 Å². The second-order valence-corrected chi connectivity index (χ2v) is 5.63. The summed E-state index contributed by atoms with van der Waals surface area (Å²) in [6.07, 6.45) is 0.809. The van der Waals surface area contributed by atoms with Gasteiger partial charge in [-0.15, -0.1) is 5.11 Å². The smallest absolute Gasteiger partial charge is 0.187 e. The van der Waals surface area contributed by atoms with Gasteiger partial charge in [0.15, 0.2) is 11.5 Å². The van der Waals surface area contributed by atoms with Crippen molar-refractivity contribution in [2.45, 2.75) is 26.7 Å². The molecule has 0 aromatic heterocycles. The normalized spacial score (nSPS) is 18.6. The first-order valence-electron chi connectivity index (χ1n) is 6.42. The monoisotopic (exact) mass is 274 g/mol. The van der Waals surface area contributed by atoms with Crippen LogP contribution in [-0.2, 0) is 4.79 Å². The van der Waals surface area contributed by atoms with Gasteiger partial charge in [-0.2, -0.15) is 5.11 Å². The Morgan fingerprint density at radius 2 is 1.80 bits per heavy atom. The Bertz CT molecular complexity index is 571. The van der Waals surface area contributed by atoms with Crippen molar-refractivity contribution >= 4 is 11.5 Å². The van der Waals surface area contributed by atoms with E-state index in [9.17, 15) is 9.90 Å². The summed E-state index contributed by atoms with van der Waals surface area (Å²) in [4.78, 5) is 12.0. The second-order valence-electron chi connectivity index (χ2n) is 5.63. The van der Waals surface area contributed by atoms with E-state index in [-0.39, 0.29) is 22.7 Å². The molecule has 0 unspecified atom stereocenters. The van der Waals surface area contributed by atoms with Crippen molar-refractivity contribution in [1.29, 1.82) is 0 Å². The SMILES string of the molecule is COc1ccc(N=NC2=C(O)CC(C)(C)CC2=O)cc1. The molecule has 1 aromatic rings. The van der Waals surface area contributed by atoms with E-state index in [1.807, 2.05) is 13.8 Å². The molecule has 0 atom stereocenters. The minimum absolute atomic E-state index is 0.0171. The fraction of sp³-hybridized carbons (Fsp3) is 0.400. The maximum atomic E-state index is 12.0. The van der Waals surface area contributed by atoms with Gasteiger partial charge in [0.05, 0.1) is 12.8 Å². The summed E-state index contributed by atoms with van der Waals surface area (Å²) in [5, 5.41) is 17.8. The summed E-state index contributed by atoms with van der Waals surface area (Å²) >= 11 is 0. The van der Waals surface area contributed by atoms with Gasteiger partial charge < -0.3 is 9.84 Å². The molecular formula is C15H18N2O3. The van der Waals surface area contributed by atoms with Crippen LogP contribution in [0.5, 0.6) is 5.75 Å². The van der Waals surface area contributed by atoms with Gasteiger partial charge in [0, 0.05) is 12.8 Å². The highest BCUT2D eigenvalue weighted by atomic mass is 16.5. The Morgan fingerprint density at radius 3 is 2.35 bits per heavy atom. The predicted molar refractivity (Wildman–Crippen MR) is 75.2 cm³/mol. The fourth-order valence-corrected chi connectivity index (χ4v) is 2.15. The highest BCUT2D eigenvalue weighted by Crippen LogP contribution is 2.36. The van der Waals surface area contributed by atoms with Crippen LogP contribution >= 0.6 is 0 Å². The number of allylic oxidation sites excluding steroid dienone is 2. The molecule has 0 aliphatic heterocycles. The lowest BCUT2D eigenvalue weighted by molar-refractivity contribution is -0.118. The number of Topliss-reactive ketones (excluding diaryl/α,β-unsaturated/α-hetero) is 1. The summed E-state index contributed by atoms with van der Waals surface area (Å²) < 4.78 is 5.04. The van der Waals surface area contributed by atoms with Gasteiger partial charge >= 0.3 is 0 Å². The molecule has 1 N–H and O–H groups in total. The number of rotatable bonds is 3. The minimum Gasteiger partial charge on any atom is -0.510 e. The van der Waals surface area contributed by atoms with Crippen molar-refractivity contribution < 1.29 is 14.6 Å². The van der Waals surface area contributed by atoms with Crippen LogP contribution in [0.25, 0.3) is 0 Å². The summed E-state index contributed by atoms with van der Waals surface area (Å²) in [6.45, 7) is 3.89. The van der Waals surface area contributed by atoms with Crippen molar-refractivity contribution in [3.63, 3.8) is 0 Å². The average Bonchev–Trinajstić information content (AvgIpc) is 2.37. The number of carbonyl (C=O) groups is 1. The van der Waals surface area contributed by atoms with Crippen LogP contribution < -0.4 is 4.74 Å². The molecule has 5 nitrogen and oxygen atoms in total. The maximum absolute atomic E-state index is 12.0. The van der Waals surface area contributed by atoms with E-state index in [1.165, 1.54) is 0 Å². The van der Waals surface area contributed by atoms with E-state index in [4.69, 9.17) is 4.74 Å². The van der Waals surface area contributed by atoms with Crippen molar-refractivity contribution in [2.75, 3.05) is 7.11 Å². The Hall–Kier alpha value is -2.17. The first kappa shape index (κ1) is 14.2. The van der Waals surface area contributed by atoms with Crippen molar-refractivity contribution in [2.24, 2.45) is 15.6 Å². The van der Waals surface area contributed by atoms with Crippen LogP contribution in [0.15, 0.2) is 46.0 Å². The third kappa shape index (κ3) is 3.23. The molecule has 0 saturated carbocycles. The molecule has 0 spiro atoms. The lowest BCUT2D eigenvalue weighted by Gasteiger charge is -2.27. The molecule has 1 aromatic carbocycles. The number of hydrogen-bond donors (Lipinski definition) is 1. The molecule has 20 heavy (non-hydrogen) atoms. The third-order valence-corrected chi connectivity index (χ3v) is 3.16. The van der Waals surface area contributed by atoms with Crippen LogP contribution in [-0.4, -0.2) is 18.0 Å². The van der Waals surface area contributed by atoms with Gasteiger partial charge in [-0.3, -0.25) is 4.79 Å². The Morgan fingerprint density at radius 1 is 1.15 bits per heavy atom. The molecule has 106 valence electrons. The Balaban J connectivity index is 2.19. The van der Waals surface area contributed by atoms with Gasteiger partial charge in [0.1, 0.15) is 11.5 Å². The molecule has 0 bridgehead atoms. The van der Waals surface area contributed by atoms with Gasteiger partial charge in [0.25, 0.3) is 0 Å². The van der Waals surface area contributed by atoms with Crippen LogP contribution in [0.3, 0.4) is 0 Å². The molecule has 0 fully saturated rings. The molecule has 5 heteroatoms. The number of carbonyl (C=O) groups excluding carboxylic acids is 1. The van der Waals surface area contributed by atoms with Gasteiger partial charge in [-0.05, 0) is 29.7 Å². The van der Waals surface area contributed by atoms with E-state index >= 15 is 0 Å². The summed E-state index contributed by atoms with van der Waals surface area (Å²) in [5.74, 6) is 0.570. The highest BCUT2D eigenvalue weighted by Gasteiger charge is 2.33. The van der Waals surface area contributed by atoms with Crippen molar-refractivity contribution in [3.8, 4) is 5.75 Å². The first-order chi connectivity index (χ1) is 9.41. The quantitative estimate of drug-likeness (QED) is 0.848. The largest absolute Gasteiger partial charge is 0.510 e. The molecular weight excluding hydrogens is 256 g/mol. The summed E-state index contributed by atoms with van der Waals surface area (Å²) in [6, 6.07) is 6.98. The lowest BCUT2D eigenvalue weighted by Crippen LogP contribution is -2.25. The molecule has 0 radical (unpaired) electrons. The number of benzene rings is 1. The number of nitrogens with zero attached hydrogens (tertiary/aromatic N) is 2. The average molecular weight is 274 g/mol. The van der Waals surface area contributed by atoms with Crippen molar-refractivity contribution in [3.05, 3.63) is 35.7 Å². The Kier molecular flexibility index (Phi) is 3.88. The summed E-state index contributed by atoms with van der Waals surface area (Å²) in [7, 11) is 1.59. The van der Waals surface area contributed by atoms with Gasteiger partial charge in [0.2, 0.25) is 0 Å². The maximum Gasteiger partial charge on any atom is 0.187 e. The van der Waals surface area contributed by atoms with E-state index in [0.29, 0.717) is 18.5 Å². The number of ketones is 1. The molecule has 0 amide bonds. The molecule has 1 aliphatic carbocycles. The molecule has 0 saturated heterocycles. The number of aliphatic hydroxyl groups excluding tert-OH is 1. The number of hydrogen-bond acceptors (Lipinski definition) is 5.